The highest BCUT2D eigenvalue weighted by atomic mass is 35.5. The van der Waals surface area contributed by atoms with Crippen LogP contribution in [-0.2, 0) is 0 Å². The maximum absolute atomic E-state index is 12.8. The summed E-state index contributed by atoms with van der Waals surface area (Å²) in [5, 5.41) is 11.4. The Morgan fingerprint density at radius 3 is 2.58 bits per heavy atom. The van der Waals surface area contributed by atoms with Crippen molar-refractivity contribution in [2.24, 2.45) is 0 Å². The lowest BCUT2D eigenvalue weighted by atomic mass is 10.1. The zero-order chi connectivity index (χ0) is 17.2. The first-order chi connectivity index (χ1) is 11.4. The molecule has 7 nitrogen and oxygen atoms in total. The van der Waals surface area contributed by atoms with Crippen molar-refractivity contribution in [3.8, 4) is 5.69 Å². The van der Waals surface area contributed by atoms with E-state index < -0.39 is 16.3 Å². The van der Waals surface area contributed by atoms with E-state index in [9.17, 15) is 19.7 Å². The normalized spacial score (nSPS) is 12.3. The first-order valence-electron chi connectivity index (χ1n) is 6.64. The highest BCUT2D eigenvalue weighted by Gasteiger charge is 2.32. The summed E-state index contributed by atoms with van der Waals surface area (Å²) in [6.07, 6.45) is 0. The number of benzene rings is 2. The van der Waals surface area contributed by atoms with E-state index in [0.717, 1.165) is 10.6 Å². The zero-order valence-electron chi connectivity index (χ0n) is 11.6. The van der Waals surface area contributed by atoms with Crippen LogP contribution in [0, 0.1) is 10.1 Å². The maximum Gasteiger partial charge on any atom is 0.270 e. The molecule has 0 saturated carbocycles. The van der Waals surface area contributed by atoms with E-state index in [2.05, 4.69) is 4.98 Å². The SMILES string of the molecule is O=C1c2cc([N+](=O)[O-])ccc2-n2c1nc1cc(Cl)cc(Cl)c1c2=O. The Kier molecular flexibility index (Phi) is 3.00. The first kappa shape index (κ1) is 14.8. The second-order valence-corrected chi connectivity index (χ2v) is 5.99. The van der Waals surface area contributed by atoms with Crippen LogP contribution in [0.5, 0.6) is 0 Å². The summed E-state index contributed by atoms with van der Waals surface area (Å²) in [6, 6.07) is 6.55. The number of non-ortho nitro benzene ring substituents is 1. The number of nitrogens with zero attached hydrogens (tertiary/aromatic N) is 3. The number of carbonyl (C=O) groups excluding carboxylic acids is 1. The molecule has 0 saturated heterocycles. The highest BCUT2D eigenvalue weighted by molar-refractivity contribution is 6.38. The van der Waals surface area contributed by atoms with Gasteiger partial charge >= 0.3 is 0 Å². The topological polar surface area (TPSA) is 95.1 Å². The number of carbonyl (C=O) groups is 1. The van der Waals surface area contributed by atoms with E-state index in [-0.39, 0.29) is 43.7 Å². The maximum atomic E-state index is 12.8. The lowest BCUT2D eigenvalue weighted by Crippen LogP contribution is -2.21. The Balaban J connectivity index is 2.12. The number of halogens is 2. The average Bonchev–Trinajstić information content (AvgIpc) is 2.79. The molecule has 0 radical (unpaired) electrons. The van der Waals surface area contributed by atoms with Gasteiger partial charge in [0.2, 0.25) is 5.78 Å². The van der Waals surface area contributed by atoms with Gasteiger partial charge in [-0.1, -0.05) is 23.2 Å². The molecular formula is C15H5Cl2N3O4. The van der Waals surface area contributed by atoms with Gasteiger partial charge in [-0.25, -0.2) is 4.98 Å². The lowest BCUT2D eigenvalue weighted by Gasteiger charge is -2.07. The summed E-state index contributed by atoms with van der Waals surface area (Å²) in [7, 11) is 0. The number of rotatable bonds is 1. The molecular weight excluding hydrogens is 357 g/mol. The molecule has 0 aliphatic carbocycles. The van der Waals surface area contributed by atoms with Gasteiger partial charge in [-0.3, -0.25) is 24.3 Å². The van der Waals surface area contributed by atoms with Crippen LogP contribution in [0.3, 0.4) is 0 Å². The van der Waals surface area contributed by atoms with Crippen LogP contribution in [0.25, 0.3) is 16.6 Å². The second kappa shape index (κ2) is 4.86. The summed E-state index contributed by atoms with van der Waals surface area (Å²) < 4.78 is 1.11. The fraction of sp³-hybridized carbons (Fsp3) is 0. The van der Waals surface area contributed by atoms with Crippen molar-refractivity contribution in [2.45, 2.75) is 0 Å². The predicted octanol–water partition coefficient (Wildman–Crippen LogP) is 3.15. The van der Waals surface area contributed by atoms with E-state index in [1.165, 1.54) is 24.3 Å². The van der Waals surface area contributed by atoms with Crippen molar-refractivity contribution in [1.82, 2.24) is 9.55 Å². The molecule has 118 valence electrons. The van der Waals surface area contributed by atoms with Crippen molar-refractivity contribution < 1.29 is 9.72 Å². The highest BCUT2D eigenvalue weighted by Crippen LogP contribution is 2.31. The molecule has 9 heteroatoms. The van der Waals surface area contributed by atoms with Gasteiger partial charge in [-0.05, 0) is 18.2 Å². The van der Waals surface area contributed by atoms with Gasteiger partial charge in [0.25, 0.3) is 11.2 Å². The van der Waals surface area contributed by atoms with Crippen LogP contribution in [-0.4, -0.2) is 20.3 Å². The van der Waals surface area contributed by atoms with Crippen LogP contribution in [0.4, 0.5) is 5.69 Å². The average molecular weight is 362 g/mol. The van der Waals surface area contributed by atoms with E-state index in [1.807, 2.05) is 0 Å². The molecule has 0 unspecified atom stereocenters. The van der Waals surface area contributed by atoms with E-state index in [4.69, 9.17) is 23.2 Å². The molecule has 0 spiro atoms. The number of hydrogen-bond donors (Lipinski definition) is 0. The van der Waals surface area contributed by atoms with Crippen LogP contribution in [0.2, 0.25) is 10.0 Å². The quantitative estimate of drug-likeness (QED) is 0.383. The molecule has 1 aliphatic rings. The number of aromatic nitrogens is 2. The van der Waals surface area contributed by atoms with Gasteiger partial charge in [0, 0.05) is 17.2 Å². The molecule has 4 rings (SSSR count). The largest absolute Gasteiger partial charge is 0.285 e. The fourth-order valence-corrected chi connectivity index (χ4v) is 3.31. The number of nitro benzene ring substituents is 1. The third-order valence-corrected chi connectivity index (χ3v) is 4.29. The summed E-state index contributed by atoms with van der Waals surface area (Å²) >= 11 is 12.0. The molecule has 1 aliphatic heterocycles. The molecule has 0 atom stereocenters. The molecule has 0 N–H and O–H groups in total. The Morgan fingerprint density at radius 1 is 1.12 bits per heavy atom. The molecule has 0 bridgehead atoms. The fourth-order valence-electron chi connectivity index (χ4n) is 2.74. The monoisotopic (exact) mass is 361 g/mol. The third kappa shape index (κ3) is 1.88. The van der Waals surface area contributed by atoms with Crippen molar-refractivity contribution in [3.05, 3.63) is 72.2 Å². The summed E-state index contributed by atoms with van der Waals surface area (Å²) in [6.45, 7) is 0. The molecule has 0 amide bonds. The Morgan fingerprint density at radius 2 is 1.88 bits per heavy atom. The number of ketones is 1. The van der Waals surface area contributed by atoms with E-state index in [0.29, 0.717) is 0 Å². The van der Waals surface area contributed by atoms with Gasteiger partial charge < -0.3 is 0 Å². The molecule has 3 aromatic rings. The summed E-state index contributed by atoms with van der Waals surface area (Å²) in [5.41, 5.74) is -0.289. The van der Waals surface area contributed by atoms with Crippen LogP contribution < -0.4 is 5.56 Å². The molecule has 1 aromatic heterocycles. The number of fused-ring (bicyclic) bond motifs is 4. The van der Waals surface area contributed by atoms with Crippen LogP contribution >= 0.6 is 23.2 Å². The number of nitro groups is 1. The van der Waals surface area contributed by atoms with Gasteiger partial charge in [0.15, 0.2) is 5.82 Å². The Bertz CT molecular complexity index is 1150. The van der Waals surface area contributed by atoms with E-state index >= 15 is 0 Å². The zero-order valence-corrected chi connectivity index (χ0v) is 13.1. The third-order valence-electron chi connectivity index (χ3n) is 3.77. The minimum Gasteiger partial charge on any atom is -0.285 e. The standard InChI is InChI=1S/C15H5Cl2N3O4/c16-6-3-9(17)12-10(4-6)18-14-13(21)8-5-7(20(23)24)1-2-11(8)19(14)15(12)22/h1-5H. The van der Waals surface area contributed by atoms with Crippen LogP contribution in [0.1, 0.15) is 16.2 Å². The summed E-state index contributed by atoms with van der Waals surface area (Å²) in [4.78, 5) is 39.8. The molecule has 0 fully saturated rings. The predicted molar refractivity (Wildman–Crippen MR) is 87.4 cm³/mol. The smallest absolute Gasteiger partial charge is 0.270 e. The van der Waals surface area contributed by atoms with Gasteiger partial charge in [0.05, 0.1) is 32.1 Å². The number of hydrogen-bond acceptors (Lipinski definition) is 5. The van der Waals surface area contributed by atoms with Crippen molar-refractivity contribution in [1.29, 1.82) is 0 Å². The first-order valence-corrected chi connectivity index (χ1v) is 7.39. The molecule has 2 aromatic carbocycles. The minimum atomic E-state index is -0.611. The summed E-state index contributed by atoms with van der Waals surface area (Å²) in [5.74, 6) is -0.690. The Labute approximate surface area is 143 Å². The van der Waals surface area contributed by atoms with Crippen molar-refractivity contribution in [2.75, 3.05) is 0 Å². The van der Waals surface area contributed by atoms with Gasteiger partial charge in [0.1, 0.15) is 0 Å². The van der Waals surface area contributed by atoms with E-state index in [1.54, 1.807) is 0 Å². The lowest BCUT2D eigenvalue weighted by molar-refractivity contribution is -0.384. The molecule has 2 heterocycles. The van der Waals surface area contributed by atoms with Gasteiger partial charge in [-0.2, -0.15) is 0 Å². The molecule has 24 heavy (non-hydrogen) atoms. The minimum absolute atomic E-state index is 0.0475. The Hall–Kier alpha value is -2.77. The second-order valence-electron chi connectivity index (χ2n) is 5.15. The van der Waals surface area contributed by atoms with Gasteiger partial charge in [-0.15, -0.1) is 0 Å². The van der Waals surface area contributed by atoms with Crippen molar-refractivity contribution >= 4 is 45.6 Å². The van der Waals surface area contributed by atoms with Crippen molar-refractivity contribution in [3.63, 3.8) is 0 Å². The van der Waals surface area contributed by atoms with Crippen LogP contribution in [0.15, 0.2) is 35.1 Å².